The smallest absolute Gasteiger partial charge is 0.298 e. The Hall–Kier alpha value is -3.27. The minimum atomic E-state index is -0.107. The molecule has 0 fully saturated rings. The maximum absolute atomic E-state index is 12.9. The third-order valence-corrected chi connectivity index (χ3v) is 5.48. The summed E-state index contributed by atoms with van der Waals surface area (Å²) in [6.07, 6.45) is 14.7. The van der Waals surface area contributed by atoms with Gasteiger partial charge in [-0.15, -0.1) is 0 Å². The number of carbonyl (C=O) groups excluding carboxylic acids is 3. The van der Waals surface area contributed by atoms with Gasteiger partial charge in [-0.3, -0.25) is 14.4 Å². The van der Waals surface area contributed by atoms with E-state index in [2.05, 4.69) is 13.8 Å². The van der Waals surface area contributed by atoms with Gasteiger partial charge in [-0.2, -0.15) is 0 Å². The predicted octanol–water partition coefficient (Wildman–Crippen LogP) is 5.86. The lowest BCUT2D eigenvalue weighted by molar-refractivity contribution is -0.120. The predicted molar refractivity (Wildman–Crippen MR) is 123 cm³/mol. The molecule has 0 spiro atoms. The Kier molecular flexibility index (Phi) is 7.71. The van der Waals surface area contributed by atoms with E-state index in [1.54, 1.807) is 24.3 Å². The highest BCUT2D eigenvalue weighted by Gasteiger charge is 2.22. The molecule has 0 atom stereocenters. The van der Waals surface area contributed by atoms with Crippen molar-refractivity contribution in [1.82, 2.24) is 0 Å². The van der Waals surface area contributed by atoms with Gasteiger partial charge in [0.05, 0.1) is 0 Å². The van der Waals surface area contributed by atoms with Crippen LogP contribution in [-0.2, 0) is 14.4 Å². The van der Waals surface area contributed by atoms with E-state index in [0.717, 1.165) is 60.8 Å². The number of allylic oxidation sites excluding steroid dienone is 10. The highest BCUT2D eigenvalue weighted by molar-refractivity contribution is 6.28. The molecule has 0 radical (unpaired) electrons. The monoisotopic (exact) mass is 416 g/mol. The first kappa shape index (κ1) is 22.4. The number of ether oxygens (including phenoxy) is 1. The molecule has 1 aromatic carbocycles. The van der Waals surface area contributed by atoms with E-state index in [4.69, 9.17) is 4.74 Å². The molecule has 3 rings (SSSR count). The molecule has 2 aliphatic carbocycles. The molecule has 4 nitrogen and oxygen atoms in total. The molecule has 0 bridgehead atoms. The first-order valence-corrected chi connectivity index (χ1v) is 10.9. The lowest BCUT2D eigenvalue weighted by atomic mass is 9.85. The van der Waals surface area contributed by atoms with Crippen LogP contribution in [0.1, 0.15) is 57.9 Å². The summed E-state index contributed by atoms with van der Waals surface area (Å²) in [7, 11) is 0. The first-order chi connectivity index (χ1) is 15.1. The zero-order chi connectivity index (χ0) is 22.2. The number of Topliss-reactive ketones (excluding diaryl/α,β-unsaturated/α-hetero) is 1. The molecule has 0 saturated heterocycles. The van der Waals surface area contributed by atoms with Crippen molar-refractivity contribution in [2.75, 3.05) is 0 Å². The van der Waals surface area contributed by atoms with Crippen molar-refractivity contribution in [3.8, 4) is 5.75 Å². The van der Waals surface area contributed by atoms with Crippen molar-refractivity contribution in [3.05, 3.63) is 82.5 Å². The summed E-state index contributed by atoms with van der Waals surface area (Å²) in [5.74, 6) is 0.437. The minimum Gasteiger partial charge on any atom is -0.429 e. The topological polar surface area (TPSA) is 60.4 Å². The molecule has 1 aromatic rings. The van der Waals surface area contributed by atoms with E-state index >= 15 is 0 Å². The maximum Gasteiger partial charge on any atom is 0.298 e. The molecule has 4 heteroatoms. The minimum absolute atomic E-state index is 0.107. The summed E-state index contributed by atoms with van der Waals surface area (Å²) in [6, 6.07) is 6.91. The van der Waals surface area contributed by atoms with Gasteiger partial charge < -0.3 is 4.74 Å². The van der Waals surface area contributed by atoms with Gasteiger partial charge >= 0.3 is 0 Å². The van der Waals surface area contributed by atoms with Crippen LogP contribution in [0.5, 0.6) is 5.75 Å². The Balaban J connectivity index is 2.05. The second kappa shape index (κ2) is 10.7. The van der Waals surface area contributed by atoms with E-state index in [1.165, 1.54) is 0 Å². The third-order valence-electron chi connectivity index (χ3n) is 5.48. The van der Waals surface area contributed by atoms with Gasteiger partial charge in [0.2, 0.25) is 0 Å². The van der Waals surface area contributed by atoms with Crippen LogP contribution in [0.2, 0.25) is 0 Å². The lowest BCUT2D eigenvalue weighted by Gasteiger charge is -2.18. The van der Waals surface area contributed by atoms with Crippen LogP contribution < -0.4 is 4.74 Å². The molecule has 0 amide bonds. The number of hydrogen-bond acceptors (Lipinski definition) is 4. The molecule has 160 valence electrons. The number of carbonyl (C=O) groups is 3. The van der Waals surface area contributed by atoms with Gasteiger partial charge in [0.1, 0.15) is 5.75 Å². The van der Waals surface area contributed by atoms with Gasteiger partial charge in [-0.05, 0) is 78.8 Å². The summed E-state index contributed by atoms with van der Waals surface area (Å²) in [4.78, 5) is 36.2. The average Bonchev–Trinajstić information content (AvgIpc) is 2.78. The Labute approximate surface area is 183 Å². The van der Waals surface area contributed by atoms with Crippen LogP contribution in [0.4, 0.5) is 0 Å². The fraction of sp³-hybridized carbons (Fsp3) is 0.296. The van der Waals surface area contributed by atoms with Crippen molar-refractivity contribution >= 4 is 23.6 Å². The van der Waals surface area contributed by atoms with E-state index in [-0.39, 0.29) is 11.6 Å². The molecular weight excluding hydrogens is 388 g/mol. The largest absolute Gasteiger partial charge is 0.429 e. The van der Waals surface area contributed by atoms with Crippen molar-refractivity contribution < 1.29 is 19.1 Å². The highest BCUT2D eigenvalue weighted by Crippen LogP contribution is 2.32. The molecule has 31 heavy (non-hydrogen) atoms. The molecule has 0 saturated carbocycles. The van der Waals surface area contributed by atoms with Crippen LogP contribution in [0, 0.1) is 0 Å². The molecule has 0 unspecified atom stereocenters. The Bertz CT molecular complexity index is 1000. The third kappa shape index (κ3) is 5.46. The van der Waals surface area contributed by atoms with Gasteiger partial charge in [0.25, 0.3) is 6.47 Å². The van der Waals surface area contributed by atoms with E-state index < -0.39 is 0 Å². The van der Waals surface area contributed by atoms with Gasteiger partial charge in [0.15, 0.2) is 11.6 Å². The average molecular weight is 417 g/mol. The van der Waals surface area contributed by atoms with Gasteiger partial charge in [-0.25, -0.2) is 0 Å². The molecular formula is C27H28O4. The normalized spacial score (nSPS) is 16.1. The highest BCUT2D eigenvalue weighted by atomic mass is 16.5. The summed E-state index contributed by atoms with van der Waals surface area (Å²) in [6.45, 7) is 4.61. The molecule has 0 aliphatic heterocycles. The van der Waals surface area contributed by atoms with Gasteiger partial charge in [0, 0.05) is 16.7 Å². The standard InChI is InChI=1S/C27H28O4/c1-3-5-8-21-14-23(15-22(27(21)30)9-6-4-2)19-12-13-26(29)25(17-19)20-10-7-11-24(16-20)31-18-28/h7,10-18H,3-6,8-9H2,1-2H3. The van der Waals surface area contributed by atoms with Crippen LogP contribution in [0.15, 0.2) is 76.9 Å². The first-order valence-electron chi connectivity index (χ1n) is 10.9. The maximum atomic E-state index is 12.9. The fourth-order valence-corrected chi connectivity index (χ4v) is 3.75. The second-order valence-electron chi connectivity index (χ2n) is 7.78. The second-order valence-corrected chi connectivity index (χ2v) is 7.78. The van der Waals surface area contributed by atoms with E-state index in [9.17, 15) is 14.4 Å². The number of hydrogen-bond donors (Lipinski definition) is 0. The Morgan fingerprint density at radius 3 is 2.16 bits per heavy atom. The number of unbranched alkanes of at least 4 members (excludes halogenated alkanes) is 2. The van der Waals surface area contributed by atoms with E-state index in [1.807, 2.05) is 30.4 Å². The number of ketones is 2. The van der Waals surface area contributed by atoms with Crippen molar-refractivity contribution in [3.63, 3.8) is 0 Å². The molecule has 0 aromatic heterocycles. The zero-order valence-electron chi connectivity index (χ0n) is 18.1. The quantitative estimate of drug-likeness (QED) is 0.473. The fourth-order valence-electron chi connectivity index (χ4n) is 3.75. The Morgan fingerprint density at radius 2 is 1.55 bits per heavy atom. The molecule has 0 N–H and O–H groups in total. The molecule has 2 aliphatic rings. The number of rotatable bonds is 9. The number of benzene rings is 1. The van der Waals surface area contributed by atoms with E-state index in [0.29, 0.717) is 23.4 Å². The lowest BCUT2D eigenvalue weighted by Crippen LogP contribution is -2.12. The van der Waals surface area contributed by atoms with Crippen molar-refractivity contribution in [1.29, 1.82) is 0 Å². The Morgan fingerprint density at radius 1 is 0.871 bits per heavy atom. The SMILES string of the molecule is CCCCC1=CC(=C2C=CC(=O)C(c3cccc(OC=O)c3)=C2)C=C(CCCC)C1=O. The van der Waals surface area contributed by atoms with Crippen LogP contribution in [-0.4, -0.2) is 18.0 Å². The van der Waals surface area contributed by atoms with Crippen LogP contribution in [0.25, 0.3) is 5.57 Å². The zero-order valence-corrected chi connectivity index (χ0v) is 18.1. The summed E-state index contributed by atoms with van der Waals surface area (Å²) in [5, 5.41) is 0. The summed E-state index contributed by atoms with van der Waals surface area (Å²) in [5.41, 5.74) is 4.76. The van der Waals surface area contributed by atoms with Crippen molar-refractivity contribution in [2.45, 2.75) is 52.4 Å². The summed E-state index contributed by atoms with van der Waals surface area (Å²) >= 11 is 0. The molecule has 0 heterocycles. The van der Waals surface area contributed by atoms with Crippen LogP contribution >= 0.6 is 0 Å². The van der Waals surface area contributed by atoms with Crippen molar-refractivity contribution in [2.24, 2.45) is 0 Å². The summed E-state index contributed by atoms with van der Waals surface area (Å²) < 4.78 is 4.93. The van der Waals surface area contributed by atoms with Crippen LogP contribution in [0.3, 0.4) is 0 Å². The van der Waals surface area contributed by atoms with Gasteiger partial charge in [-0.1, -0.05) is 44.9 Å².